The smallest absolute Gasteiger partial charge is 0.386 e. The summed E-state index contributed by atoms with van der Waals surface area (Å²) in [4.78, 5) is 47.2. The molecule has 160 valence electrons. The van der Waals surface area contributed by atoms with Crippen molar-refractivity contribution in [3.8, 4) is 0 Å². The van der Waals surface area contributed by atoms with Gasteiger partial charge < -0.3 is 9.47 Å². The summed E-state index contributed by atoms with van der Waals surface area (Å²) in [6.45, 7) is -1.05. The fourth-order valence-electron chi connectivity index (χ4n) is 3.96. The number of carbonyl (C=O) groups excluding carboxylic acids is 4. The molecular weight excluding hydrogens is 424 g/mol. The van der Waals surface area contributed by atoms with Crippen LogP contribution >= 0.6 is 0 Å². The average Bonchev–Trinajstić information content (AvgIpc) is 3.16. The molecule has 0 amide bonds. The minimum atomic E-state index is -5.00. The van der Waals surface area contributed by atoms with Gasteiger partial charge in [0.2, 0.25) is 0 Å². The van der Waals surface area contributed by atoms with E-state index in [2.05, 4.69) is 9.47 Å². The Labute approximate surface area is 171 Å². The van der Waals surface area contributed by atoms with Crippen LogP contribution in [-0.4, -0.2) is 36.7 Å². The largest absolute Gasteiger partial charge is 0.402 e. The van der Waals surface area contributed by atoms with Gasteiger partial charge in [0.15, 0.2) is 0 Å². The van der Waals surface area contributed by atoms with E-state index in [-0.39, 0.29) is 22.3 Å². The van der Waals surface area contributed by atoms with Gasteiger partial charge in [0, 0.05) is 0 Å². The number of esters is 4. The number of alkyl halides is 4. The molecule has 0 radical (unpaired) electrons. The topological polar surface area (TPSA) is 86.7 Å². The number of ether oxygens (including phenoxy) is 2. The van der Waals surface area contributed by atoms with Crippen molar-refractivity contribution in [3.63, 3.8) is 0 Å². The van der Waals surface area contributed by atoms with Crippen LogP contribution in [0.1, 0.15) is 65.4 Å². The van der Waals surface area contributed by atoms with Gasteiger partial charge in [-0.25, -0.2) is 19.2 Å². The molecule has 6 nitrogen and oxygen atoms in total. The molecule has 0 atom stereocenters. The third kappa shape index (κ3) is 3.01. The van der Waals surface area contributed by atoms with E-state index in [9.17, 15) is 36.7 Å². The first kappa shape index (κ1) is 20.7. The highest BCUT2D eigenvalue weighted by Crippen LogP contribution is 2.50. The van der Waals surface area contributed by atoms with Crippen molar-refractivity contribution < 1.29 is 46.2 Å². The number of carbonyl (C=O) groups is 4. The van der Waals surface area contributed by atoms with Gasteiger partial charge in [-0.05, 0) is 48.2 Å². The molecule has 0 saturated carbocycles. The molecule has 31 heavy (non-hydrogen) atoms. The molecule has 0 aliphatic carbocycles. The Morgan fingerprint density at radius 1 is 0.677 bits per heavy atom. The maximum absolute atomic E-state index is 14.6. The predicted molar refractivity (Wildman–Crippen MR) is 94.4 cm³/mol. The molecule has 0 bridgehead atoms. The van der Waals surface area contributed by atoms with E-state index in [1.54, 1.807) is 0 Å². The van der Waals surface area contributed by atoms with Crippen LogP contribution in [0.5, 0.6) is 0 Å². The lowest BCUT2D eigenvalue weighted by atomic mass is 9.69. The van der Waals surface area contributed by atoms with E-state index in [4.69, 9.17) is 0 Å². The Morgan fingerprint density at radius 2 is 1.10 bits per heavy atom. The van der Waals surface area contributed by atoms with Crippen molar-refractivity contribution in [2.75, 3.05) is 6.67 Å². The van der Waals surface area contributed by atoms with Crippen molar-refractivity contribution in [1.29, 1.82) is 0 Å². The van der Waals surface area contributed by atoms with Crippen molar-refractivity contribution in [2.24, 2.45) is 0 Å². The van der Waals surface area contributed by atoms with Crippen LogP contribution in [0.3, 0.4) is 0 Å². The minimum absolute atomic E-state index is 0.182. The van der Waals surface area contributed by atoms with Gasteiger partial charge in [-0.15, -0.1) is 0 Å². The van der Waals surface area contributed by atoms with Crippen LogP contribution in [0.15, 0.2) is 36.4 Å². The van der Waals surface area contributed by atoms with Gasteiger partial charge in [-0.1, -0.05) is 12.1 Å². The molecular formula is C21H12F4O6. The maximum atomic E-state index is 14.6. The maximum Gasteiger partial charge on any atom is 0.402 e. The molecule has 2 heterocycles. The predicted octanol–water partition coefficient (Wildman–Crippen LogP) is 3.91. The molecule has 0 N–H and O–H groups in total. The van der Waals surface area contributed by atoms with Gasteiger partial charge in [0.25, 0.3) is 0 Å². The normalized spacial score (nSPS) is 15.6. The van der Waals surface area contributed by atoms with Crippen molar-refractivity contribution >= 4 is 23.9 Å². The Balaban J connectivity index is 1.98. The zero-order valence-corrected chi connectivity index (χ0v) is 15.5. The number of benzene rings is 2. The summed E-state index contributed by atoms with van der Waals surface area (Å²) in [5, 5.41) is 0. The molecule has 0 unspecified atom stereocenters. The number of fused-ring (bicyclic) bond motifs is 2. The highest BCUT2D eigenvalue weighted by molar-refractivity contribution is 6.15. The minimum Gasteiger partial charge on any atom is -0.386 e. The lowest BCUT2D eigenvalue weighted by Gasteiger charge is -2.37. The van der Waals surface area contributed by atoms with E-state index in [1.807, 2.05) is 0 Å². The molecule has 0 saturated heterocycles. The van der Waals surface area contributed by atoms with E-state index in [0.717, 1.165) is 36.4 Å². The summed E-state index contributed by atoms with van der Waals surface area (Å²) in [5.41, 5.74) is -4.75. The van der Waals surface area contributed by atoms with Crippen molar-refractivity contribution in [1.82, 2.24) is 0 Å². The zero-order valence-electron chi connectivity index (χ0n) is 15.5. The Bertz CT molecular complexity index is 1070. The second-order valence-electron chi connectivity index (χ2n) is 7.07. The number of halogens is 4. The van der Waals surface area contributed by atoms with Gasteiger partial charge >= 0.3 is 30.1 Å². The molecule has 2 aliphatic rings. The fraction of sp³-hybridized carbons (Fsp3) is 0.238. The Morgan fingerprint density at radius 3 is 1.48 bits per heavy atom. The second kappa shape index (κ2) is 7.00. The highest BCUT2D eigenvalue weighted by atomic mass is 19.4. The van der Waals surface area contributed by atoms with Crippen LogP contribution in [0, 0.1) is 0 Å². The third-order valence-electron chi connectivity index (χ3n) is 5.44. The standard InChI is InChI=1S/C21H12F4O6/c22-7-1-6-20(21(23,24)25,10-2-4-12-14(8-10)18(28)30-16(12)26)11-3-5-13-15(9-11)19(29)31-17(13)27/h2-5,8-9H,1,6-7H2. The van der Waals surface area contributed by atoms with E-state index in [1.165, 1.54) is 0 Å². The summed E-state index contributed by atoms with van der Waals surface area (Å²) in [6.07, 6.45) is -6.24. The lowest BCUT2D eigenvalue weighted by Crippen LogP contribution is -2.44. The lowest BCUT2D eigenvalue weighted by molar-refractivity contribution is -0.180. The first-order chi connectivity index (χ1) is 14.6. The molecule has 0 fully saturated rings. The average molecular weight is 436 g/mol. The van der Waals surface area contributed by atoms with Gasteiger partial charge in [-0.3, -0.25) is 4.39 Å². The molecule has 10 heteroatoms. The number of hydrogen-bond donors (Lipinski definition) is 0. The van der Waals surface area contributed by atoms with Crippen molar-refractivity contribution in [2.45, 2.75) is 24.4 Å². The first-order valence-corrected chi connectivity index (χ1v) is 9.05. The molecule has 2 aromatic rings. The van der Waals surface area contributed by atoms with Gasteiger partial charge in [0.1, 0.15) is 5.41 Å². The summed E-state index contributed by atoms with van der Waals surface area (Å²) in [6, 6.07) is 5.90. The quantitative estimate of drug-likeness (QED) is 0.401. The SMILES string of the molecule is O=C1OC(=O)c2cc(C(CCCF)(c3ccc4c(c3)C(=O)OC4=O)C(F)(F)F)ccc21. The third-order valence-corrected chi connectivity index (χ3v) is 5.44. The number of hydrogen-bond acceptors (Lipinski definition) is 6. The van der Waals surface area contributed by atoms with Crippen LogP contribution in [0.4, 0.5) is 17.6 Å². The zero-order chi connectivity index (χ0) is 22.6. The number of cyclic esters (lactones) is 4. The first-order valence-electron chi connectivity index (χ1n) is 9.05. The summed E-state index contributed by atoms with van der Waals surface area (Å²) in [5.74, 6) is -4.14. The highest BCUT2D eigenvalue weighted by Gasteiger charge is 2.57. The molecule has 2 aliphatic heterocycles. The van der Waals surface area contributed by atoms with Gasteiger partial charge in [-0.2, -0.15) is 13.2 Å². The van der Waals surface area contributed by atoms with E-state index >= 15 is 0 Å². The van der Waals surface area contributed by atoms with Crippen LogP contribution in [0.2, 0.25) is 0 Å². The van der Waals surface area contributed by atoms with Crippen LogP contribution < -0.4 is 0 Å². The van der Waals surface area contributed by atoms with Crippen molar-refractivity contribution in [3.05, 3.63) is 69.8 Å². The summed E-state index contributed by atoms with van der Waals surface area (Å²) < 4.78 is 65.8. The van der Waals surface area contributed by atoms with Crippen LogP contribution in [-0.2, 0) is 14.9 Å². The summed E-state index contributed by atoms with van der Waals surface area (Å²) in [7, 11) is 0. The fourth-order valence-corrected chi connectivity index (χ4v) is 3.96. The Kier molecular flexibility index (Phi) is 4.68. The van der Waals surface area contributed by atoms with Gasteiger partial charge in [0.05, 0.1) is 28.9 Å². The molecule has 4 rings (SSSR count). The molecule has 0 aromatic heterocycles. The van der Waals surface area contributed by atoms with Crippen LogP contribution in [0.25, 0.3) is 0 Å². The molecule has 0 spiro atoms. The monoisotopic (exact) mass is 436 g/mol. The van der Waals surface area contributed by atoms with E-state index in [0.29, 0.717) is 0 Å². The molecule has 2 aromatic carbocycles. The second-order valence-corrected chi connectivity index (χ2v) is 7.07. The Hall–Kier alpha value is -3.56. The summed E-state index contributed by atoms with van der Waals surface area (Å²) >= 11 is 0. The number of rotatable bonds is 5. The van der Waals surface area contributed by atoms with E-state index < -0.39 is 66.1 Å².